The van der Waals surface area contributed by atoms with E-state index < -0.39 is 5.97 Å². The van der Waals surface area contributed by atoms with Gasteiger partial charge < -0.3 is 9.47 Å². The second-order valence-corrected chi connectivity index (χ2v) is 2.15. The van der Waals surface area contributed by atoms with Crippen LogP contribution in [0.25, 0.3) is 0 Å². The Balaban J connectivity index is 2.29. The molecule has 0 saturated heterocycles. The van der Waals surface area contributed by atoms with Gasteiger partial charge in [-0.1, -0.05) is 18.2 Å². The first kappa shape index (κ1) is 9.14. The van der Waals surface area contributed by atoms with Gasteiger partial charge in [0.15, 0.2) is 0 Å². The van der Waals surface area contributed by atoms with E-state index in [4.69, 9.17) is 11.2 Å². The molecule has 0 spiro atoms. The van der Waals surface area contributed by atoms with Crippen molar-refractivity contribution in [2.45, 2.75) is 0 Å². The third kappa shape index (κ3) is 3.30. The quantitative estimate of drug-likeness (QED) is 0.300. The highest BCUT2D eigenvalue weighted by atomic mass is 16.7. The van der Waals surface area contributed by atoms with Crippen LogP contribution in [0, 0.1) is 12.3 Å². The van der Waals surface area contributed by atoms with Crippen molar-refractivity contribution in [3.8, 4) is 18.1 Å². The molecule has 0 atom stereocenters. The number of esters is 1. The first-order valence-corrected chi connectivity index (χ1v) is 3.64. The second-order valence-electron chi connectivity index (χ2n) is 2.15. The van der Waals surface area contributed by atoms with Gasteiger partial charge in [-0.2, -0.15) is 0 Å². The van der Waals surface area contributed by atoms with E-state index in [1.54, 1.807) is 12.1 Å². The largest absolute Gasteiger partial charge is 0.457 e. The Morgan fingerprint density at radius 1 is 1.38 bits per heavy atom. The van der Waals surface area contributed by atoms with Crippen LogP contribution in [0.3, 0.4) is 0 Å². The van der Waals surface area contributed by atoms with Crippen molar-refractivity contribution < 1.29 is 14.3 Å². The average Bonchev–Trinajstić information content (AvgIpc) is 2.19. The van der Waals surface area contributed by atoms with Crippen LogP contribution in [0.15, 0.2) is 30.3 Å². The first-order valence-electron chi connectivity index (χ1n) is 3.64. The van der Waals surface area contributed by atoms with E-state index in [2.05, 4.69) is 4.74 Å². The molecule has 13 heavy (non-hydrogen) atoms. The molecule has 0 unspecified atom stereocenters. The van der Waals surface area contributed by atoms with Crippen LogP contribution in [0.1, 0.15) is 0 Å². The van der Waals surface area contributed by atoms with Crippen LogP contribution in [-0.2, 0) is 9.53 Å². The summed E-state index contributed by atoms with van der Waals surface area (Å²) in [5.74, 6) is 1.72. The highest BCUT2D eigenvalue weighted by Gasteiger charge is 1.95. The van der Waals surface area contributed by atoms with E-state index in [-0.39, 0.29) is 6.79 Å². The molecule has 0 bridgehead atoms. The lowest BCUT2D eigenvalue weighted by atomic mass is 10.3. The third-order valence-electron chi connectivity index (χ3n) is 1.28. The van der Waals surface area contributed by atoms with Crippen molar-refractivity contribution in [2.75, 3.05) is 6.79 Å². The Bertz CT molecular complexity index is 311. The van der Waals surface area contributed by atoms with Gasteiger partial charge in [-0.25, -0.2) is 4.79 Å². The van der Waals surface area contributed by atoms with E-state index in [1.165, 1.54) is 0 Å². The summed E-state index contributed by atoms with van der Waals surface area (Å²) in [4.78, 5) is 10.5. The number of benzene rings is 1. The molecule has 0 N–H and O–H groups in total. The van der Waals surface area contributed by atoms with Gasteiger partial charge in [-0.3, -0.25) is 0 Å². The maximum atomic E-state index is 10.5. The third-order valence-corrected chi connectivity index (χ3v) is 1.28. The minimum absolute atomic E-state index is 0.160. The van der Waals surface area contributed by atoms with E-state index in [1.807, 2.05) is 24.1 Å². The fourth-order valence-corrected chi connectivity index (χ4v) is 0.709. The normalized spacial score (nSPS) is 8.54. The van der Waals surface area contributed by atoms with E-state index in [0.29, 0.717) is 5.75 Å². The van der Waals surface area contributed by atoms with Crippen LogP contribution in [0.2, 0.25) is 0 Å². The van der Waals surface area contributed by atoms with E-state index >= 15 is 0 Å². The Morgan fingerprint density at radius 3 is 2.69 bits per heavy atom. The van der Waals surface area contributed by atoms with Crippen LogP contribution >= 0.6 is 0 Å². The minimum atomic E-state index is -0.726. The number of carbonyl (C=O) groups is 1. The van der Waals surface area contributed by atoms with Crippen molar-refractivity contribution in [1.29, 1.82) is 0 Å². The van der Waals surface area contributed by atoms with Crippen molar-refractivity contribution in [2.24, 2.45) is 0 Å². The average molecular weight is 176 g/mol. The fourth-order valence-electron chi connectivity index (χ4n) is 0.709. The van der Waals surface area contributed by atoms with Crippen LogP contribution < -0.4 is 4.74 Å². The molecule has 3 nitrogen and oxygen atoms in total. The summed E-state index contributed by atoms with van der Waals surface area (Å²) in [6.07, 6.45) is 4.77. The number of para-hydroxylation sites is 1. The molecule has 1 aromatic carbocycles. The van der Waals surface area contributed by atoms with Gasteiger partial charge in [0.25, 0.3) is 0 Å². The van der Waals surface area contributed by atoms with Crippen LogP contribution in [-0.4, -0.2) is 12.8 Å². The van der Waals surface area contributed by atoms with E-state index in [9.17, 15) is 4.79 Å². The van der Waals surface area contributed by atoms with Crippen LogP contribution in [0.4, 0.5) is 0 Å². The Labute approximate surface area is 76.3 Å². The van der Waals surface area contributed by atoms with Crippen molar-refractivity contribution in [3.63, 3.8) is 0 Å². The molecule has 0 fully saturated rings. The monoisotopic (exact) mass is 176 g/mol. The van der Waals surface area contributed by atoms with E-state index in [0.717, 1.165) is 0 Å². The summed E-state index contributed by atoms with van der Waals surface area (Å²) in [6, 6.07) is 9.00. The predicted molar refractivity (Wildman–Crippen MR) is 46.9 cm³/mol. The number of hydrogen-bond acceptors (Lipinski definition) is 3. The van der Waals surface area contributed by atoms with Crippen molar-refractivity contribution >= 4 is 5.97 Å². The molecule has 3 heteroatoms. The maximum absolute atomic E-state index is 10.5. The Kier molecular flexibility index (Phi) is 3.40. The lowest BCUT2D eigenvalue weighted by molar-refractivity contribution is -0.143. The van der Waals surface area contributed by atoms with Crippen molar-refractivity contribution in [1.82, 2.24) is 0 Å². The zero-order valence-corrected chi connectivity index (χ0v) is 6.90. The molecule has 0 aliphatic carbocycles. The number of terminal acetylenes is 1. The number of carbonyl (C=O) groups excluding carboxylic acids is 1. The molecular weight excluding hydrogens is 168 g/mol. The standard InChI is InChI=1S/C10H8O3/c1-2-10(11)13-8-12-9-6-4-3-5-7-9/h1,3-7H,8H2. The molecule has 1 aromatic rings. The smallest absolute Gasteiger partial charge is 0.386 e. The SMILES string of the molecule is C#CC(=O)OCOc1ccccc1. The zero-order valence-electron chi connectivity index (χ0n) is 6.90. The van der Waals surface area contributed by atoms with Gasteiger partial charge in [0.05, 0.1) is 0 Å². The van der Waals surface area contributed by atoms with Gasteiger partial charge in [0.1, 0.15) is 5.75 Å². The summed E-state index contributed by atoms with van der Waals surface area (Å²) in [6.45, 7) is -0.160. The Morgan fingerprint density at radius 2 is 2.08 bits per heavy atom. The highest BCUT2D eigenvalue weighted by Crippen LogP contribution is 2.07. The molecule has 0 radical (unpaired) electrons. The summed E-state index contributed by atoms with van der Waals surface area (Å²) in [5.41, 5.74) is 0. The van der Waals surface area contributed by atoms with Gasteiger partial charge in [-0.05, 0) is 12.1 Å². The lowest BCUT2D eigenvalue weighted by Gasteiger charge is -2.03. The summed E-state index contributed by atoms with van der Waals surface area (Å²) in [5, 5.41) is 0. The predicted octanol–water partition coefficient (Wildman–Crippen LogP) is 1.20. The van der Waals surface area contributed by atoms with Gasteiger partial charge in [-0.15, -0.1) is 6.42 Å². The van der Waals surface area contributed by atoms with Crippen LogP contribution in [0.5, 0.6) is 5.75 Å². The molecule has 0 aliphatic rings. The maximum Gasteiger partial charge on any atom is 0.386 e. The molecule has 0 amide bonds. The lowest BCUT2D eigenvalue weighted by Crippen LogP contribution is -2.07. The highest BCUT2D eigenvalue weighted by molar-refractivity contribution is 5.87. The molecule has 0 aliphatic heterocycles. The van der Waals surface area contributed by atoms with Crippen molar-refractivity contribution in [3.05, 3.63) is 30.3 Å². The number of hydrogen-bond donors (Lipinski definition) is 0. The number of ether oxygens (including phenoxy) is 2. The fraction of sp³-hybridized carbons (Fsp3) is 0.100. The molecule has 0 saturated carbocycles. The first-order chi connectivity index (χ1) is 6.33. The Hall–Kier alpha value is -1.95. The summed E-state index contributed by atoms with van der Waals surface area (Å²) < 4.78 is 9.54. The molecular formula is C10H8O3. The molecule has 66 valence electrons. The van der Waals surface area contributed by atoms with Gasteiger partial charge in [0, 0.05) is 5.92 Å². The minimum Gasteiger partial charge on any atom is -0.457 e. The van der Waals surface area contributed by atoms with Gasteiger partial charge in [0.2, 0.25) is 6.79 Å². The summed E-state index contributed by atoms with van der Waals surface area (Å²) in [7, 11) is 0. The number of rotatable bonds is 3. The zero-order chi connectivity index (χ0) is 9.52. The topological polar surface area (TPSA) is 35.5 Å². The summed E-state index contributed by atoms with van der Waals surface area (Å²) >= 11 is 0. The second kappa shape index (κ2) is 4.83. The van der Waals surface area contributed by atoms with Gasteiger partial charge >= 0.3 is 5.97 Å². The molecule has 1 rings (SSSR count). The molecule has 0 aromatic heterocycles. The molecule has 0 heterocycles.